The molecule has 20 atom stereocenters. The zero-order chi connectivity index (χ0) is 39.2. The monoisotopic (exact) mass is 767 g/mol. The van der Waals surface area contributed by atoms with Crippen LogP contribution in [0.4, 0.5) is 0 Å². The summed E-state index contributed by atoms with van der Waals surface area (Å²) < 4.78 is 6.30. The lowest BCUT2D eigenvalue weighted by Gasteiger charge is -2.62. The first-order valence-corrected chi connectivity index (χ1v) is 23.5. The SMILES string of the molecule is C[C@H](CCC(=O)O)[C@H]1CC[C@H]2[C@@H]3[C@H](O)CC4C[C@H](OC(=O)CC[C@@H](C)[C@H]5CCC6C7CC[C@@H]8C[C@H](O)CC[C@]8(C)C7C[C@H](O)[C@@]65C)CC[C@]4(C)[C@H]3CC[C@]12C. The molecule has 4 N–H and O–H groups in total. The maximum Gasteiger partial charge on any atom is 0.306 e. The first-order chi connectivity index (χ1) is 26.0. The smallest absolute Gasteiger partial charge is 0.306 e. The van der Waals surface area contributed by atoms with Crippen LogP contribution in [0.25, 0.3) is 0 Å². The molecule has 0 aliphatic heterocycles. The quantitative estimate of drug-likeness (QED) is 0.173. The predicted octanol–water partition coefficient (Wildman–Crippen LogP) is 9.44. The standard InChI is InChI=1S/C48H78O7/c1-27(7-15-42(52)53)34-11-14-37-44-38(19-22-47(34,37)5)46(4)21-18-32(24-30(46)25-40(44)50)55-43(54)16-8-28(2)35-12-13-36-33-10-9-29-23-31(49)17-20-45(29,3)39(33)26-41(51)48(35,36)6/h27-41,44,49-51H,7-26H2,1-6H3,(H,52,53)/t27-,28-,29-,30?,31-,32-,33?,34-,35-,36?,37+,38+,39?,40-,41+,44+,45+,46+,47-,48-/m1/s1. The zero-order valence-electron chi connectivity index (χ0n) is 35.4. The van der Waals surface area contributed by atoms with Crippen LogP contribution in [0, 0.1) is 92.7 Å². The van der Waals surface area contributed by atoms with Gasteiger partial charge in [0.2, 0.25) is 0 Å². The Labute approximate surface area is 332 Å². The maximum absolute atomic E-state index is 13.5. The number of carbonyl (C=O) groups is 2. The highest BCUT2D eigenvalue weighted by Gasteiger charge is 2.65. The van der Waals surface area contributed by atoms with Crippen molar-refractivity contribution in [3.63, 3.8) is 0 Å². The van der Waals surface area contributed by atoms with E-state index < -0.39 is 5.97 Å². The fraction of sp³-hybridized carbons (Fsp3) is 0.958. The van der Waals surface area contributed by atoms with E-state index in [0.717, 1.165) is 89.9 Å². The van der Waals surface area contributed by atoms with Crippen molar-refractivity contribution in [1.82, 2.24) is 0 Å². The molecule has 7 nitrogen and oxygen atoms in total. The number of aliphatic hydroxyl groups is 3. The lowest BCUT2D eigenvalue weighted by atomic mass is 9.43. The van der Waals surface area contributed by atoms with Crippen molar-refractivity contribution >= 4 is 11.9 Å². The molecule has 55 heavy (non-hydrogen) atoms. The minimum atomic E-state index is -0.697. The molecular weight excluding hydrogens is 689 g/mol. The molecular formula is C48H78O7. The number of carbonyl (C=O) groups excluding carboxylic acids is 1. The van der Waals surface area contributed by atoms with Crippen LogP contribution < -0.4 is 0 Å². The molecule has 8 fully saturated rings. The molecule has 0 aromatic carbocycles. The Bertz CT molecular complexity index is 1430. The van der Waals surface area contributed by atoms with Gasteiger partial charge in [0.1, 0.15) is 6.10 Å². The summed E-state index contributed by atoms with van der Waals surface area (Å²) in [5, 5.41) is 43.7. The fourth-order valence-electron chi connectivity index (χ4n) is 17.8. The van der Waals surface area contributed by atoms with Crippen LogP contribution >= 0.6 is 0 Å². The first-order valence-electron chi connectivity index (χ1n) is 23.5. The van der Waals surface area contributed by atoms with Gasteiger partial charge in [-0.25, -0.2) is 0 Å². The van der Waals surface area contributed by atoms with Crippen molar-refractivity contribution in [1.29, 1.82) is 0 Å². The van der Waals surface area contributed by atoms with Gasteiger partial charge in [-0.3, -0.25) is 9.59 Å². The Morgan fingerprint density at radius 2 is 1.27 bits per heavy atom. The third-order valence-electron chi connectivity index (χ3n) is 20.8. The van der Waals surface area contributed by atoms with Crippen LogP contribution in [0.3, 0.4) is 0 Å². The number of ether oxygens (including phenoxy) is 1. The minimum Gasteiger partial charge on any atom is -0.481 e. The molecule has 7 heteroatoms. The predicted molar refractivity (Wildman–Crippen MR) is 214 cm³/mol. The number of esters is 1. The molecule has 0 radical (unpaired) electrons. The van der Waals surface area contributed by atoms with Gasteiger partial charge in [0.05, 0.1) is 18.3 Å². The lowest BCUT2D eigenvalue weighted by Crippen LogP contribution is -2.59. The minimum absolute atomic E-state index is 0.0627. The second kappa shape index (κ2) is 14.8. The van der Waals surface area contributed by atoms with Crippen LogP contribution in [0.15, 0.2) is 0 Å². The van der Waals surface area contributed by atoms with Crippen molar-refractivity contribution in [3.05, 3.63) is 0 Å². The molecule has 8 saturated carbocycles. The van der Waals surface area contributed by atoms with Crippen molar-refractivity contribution in [2.45, 2.75) is 194 Å². The van der Waals surface area contributed by atoms with E-state index in [1.54, 1.807) is 0 Å². The van der Waals surface area contributed by atoms with Crippen molar-refractivity contribution in [3.8, 4) is 0 Å². The Balaban J connectivity index is 0.849. The Morgan fingerprint density at radius 3 is 2.04 bits per heavy atom. The molecule has 8 rings (SSSR count). The van der Waals surface area contributed by atoms with Gasteiger partial charge < -0.3 is 25.2 Å². The number of rotatable bonds is 9. The summed E-state index contributed by atoms with van der Waals surface area (Å²) in [7, 11) is 0. The van der Waals surface area contributed by atoms with E-state index in [9.17, 15) is 30.0 Å². The third kappa shape index (κ3) is 6.60. The number of hydrogen-bond donors (Lipinski definition) is 4. The molecule has 0 spiro atoms. The van der Waals surface area contributed by atoms with Gasteiger partial charge in [0.25, 0.3) is 0 Å². The Hall–Kier alpha value is -1.18. The van der Waals surface area contributed by atoms with E-state index in [1.165, 1.54) is 25.7 Å². The maximum atomic E-state index is 13.5. The summed E-state index contributed by atoms with van der Waals surface area (Å²) in [4.78, 5) is 24.9. The van der Waals surface area contributed by atoms with Gasteiger partial charge in [-0.05, 0) is 208 Å². The second-order valence-electron chi connectivity index (χ2n) is 22.7. The van der Waals surface area contributed by atoms with E-state index in [-0.39, 0.29) is 58.5 Å². The molecule has 0 amide bonds. The molecule has 0 aromatic rings. The zero-order valence-corrected chi connectivity index (χ0v) is 35.4. The average molecular weight is 767 g/mol. The third-order valence-corrected chi connectivity index (χ3v) is 20.8. The number of aliphatic carboxylic acids is 1. The summed E-state index contributed by atoms with van der Waals surface area (Å²) in [5.41, 5.74) is 0.496. The van der Waals surface area contributed by atoms with Crippen LogP contribution in [0.2, 0.25) is 0 Å². The van der Waals surface area contributed by atoms with Gasteiger partial charge in [0, 0.05) is 12.8 Å². The molecule has 0 aromatic heterocycles. The molecule has 312 valence electrons. The van der Waals surface area contributed by atoms with E-state index in [1.807, 2.05) is 0 Å². The summed E-state index contributed by atoms with van der Waals surface area (Å²) in [6.45, 7) is 14.4. The van der Waals surface area contributed by atoms with Gasteiger partial charge in [0.15, 0.2) is 0 Å². The van der Waals surface area contributed by atoms with Crippen LogP contribution in [-0.4, -0.2) is 56.8 Å². The lowest BCUT2D eigenvalue weighted by molar-refractivity contribution is -0.183. The van der Waals surface area contributed by atoms with E-state index in [2.05, 4.69) is 41.5 Å². The molecule has 0 bridgehead atoms. The first kappa shape index (κ1) is 40.6. The second-order valence-corrected chi connectivity index (χ2v) is 22.7. The van der Waals surface area contributed by atoms with Crippen molar-refractivity contribution in [2.24, 2.45) is 92.7 Å². The number of carboxylic acids is 1. The van der Waals surface area contributed by atoms with E-state index >= 15 is 0 Å². The van der Waals surface area contributed by atoms with Crippen LogP contribution in [0.5, 0.6) is 0 Å². The number of hydrogen-bond acceptors (Lipinski definition) is 6. The molecule has 0 heterocycles. The fourth-order valence-corrected chi connectivity index (χ4v) is 17.8. The van der Waals surface area contributed by atoms with Crippen LogP contribution in [0.1, 0.15) is 170 Å². The number of carboxylic acid groups (broad SMARTS) is 1. The largest absolute Gasteiger partial charge is 0.481 e. The molecule has 0 saturated heterocycles. The average Bonchev–Trinajstić information content (AvgIpc) is 3.69. The topological polar surface area (TPSA) is 124 Å². The van der Waals surface area contributed by atoms with E-state index in [4.69, 9.17) is 4.74 Å². The Morgan fingerprint density at radius 1 is 0.636 bits per heavy atom. The van der Waals surface area contributed by atoms with E-state index in [0.29, 0.717) is 77.4 Å². The molecule has 4 unspecified atom stereocenters. The summed E-state index contributed by atoms with van der Waals surface area (Å²) in [6, 6.07) is 0. The Kier molecular flexibility index (Phi) is 10.9. The summed E-state index contributed by atoms with van der Waals surface area (Å²) in [5.74, 6) is 5.02. The number of fused-ring (bicyclic) bond motifs is 10. The highest BCUT2D eigenvalue weighted by molar-refractivity contribution is 5.69. The van der Waals surface area contributed by atoms with Crippen molar-refractivity contribution in [2.75, 3.05) is 0 Å². The molecule has 8 aliphatic rings. The number of aliphatic hydroxyl groups excluding tert-OH is 3. The highest BCUT2D eigenvalue weighted by Crippen LogP contribution is 2.70. The van der Waals surface area contributed by atoms with Crippen molar-refractivity contribution < 1.29 is 34.8 Å². The summed E-state index contributed by atoms with van der Waals surface area (Å²) in [6.07, 6.45) is 18.4. The van der Waals surface area contributed by atoms with Gasteiger partial charge in [-0.1, -0.05) is 41.5 Å². The van der Waals surface area contributed by atoms with Gasteiger partial charge in [-0.2, -0.15) is 0 Å². The van der Waals surface area contributed by atoms with Gasteiger partial charge in [-0.15, -0.1) is 0 Å². The van der Waals surface area contributed by atoms with Gasteiger partial charge >= 0.3 is 11.9 Å². The van der Waals surface area contributed by atoms with Crippen LogP contribution in [-0.2, 0) is 14.3 Å². The molecule has 8 aliphatic carbocycles. The summed E-state index contributed by atoms with van der Waals surface area (Å²) >= 11 is 0. The highest BCUT2D eigenvalue weighted by atomic mass is 16.5. The normalized spacial score (nSPS) is 52.7.